The SMILES string of the molecule is CCOc1cc(C(Nc2ccc(C(=N)N)cc2)C(=O)NCc2ccccc2)cc(OCC)n1.Cl. The first-order valence-corrected chi connectivity index (χ1v) is 10.8. The molecule has 0 aliphatic carbocycles. The predicted molar refractivity (Wildman–Crippen MR) is 136 cm³/mol. The molecule has 9 heteroatoms. The van der Waals surface area contributed by atoms with Crippen LogP contribution in [0.1, 0.15) is 36.6 Å². The second-order valence-electron chi connectivity index (χ2n) is 7.21. The molecule has 0 fully saturated rings. The molecule has 0 saturated heterocycles. The molecular formula is C25H30ClN5O3. The van der Waals surface area contributed by atoms with Gasteiger partial charge in [-0.1, -0.05) is 30.3 Å². The second kappa shape index (κ2) is 13.1. The Bertz CT molecular complexity index is 1050. The summed E-state index contributed by atoms with van der Waals surface area (Å²) in [6.45, 7) is 5.00. The summed E-state index contributed by atoms with van der Waals surface area (Å²) in [5, 5.41) is 13.8. The van der Waals surface area contributed by atoms with Crippen LogP contribution in [0.5, 0.6) is 11.8 Å². The van der Waals surface area contributed by atoms with Gasteiger partial charge in [-0.3, -0.25) is 10.2 Å². The van der Waals surface area contributed by atoms with E-state index in [0.29, 0.717) is 48.3 Å². The Hall–Kier alpha value is -3.78. The number of rotatable bonds is 11. The Labute approximate surface area is 205 Å². The van der Waals surface area contributed by atoms with Crippen molar-refractivity contribution in [1.29, 1.82) is 5.41 Å². The summed E-state index contributed by atoms with van der Waals surface area (Å²) in [6.07, 6.45) is 0. The van der Waals surface area contributed by atoms with Gasteiger partial charge in [0.15, 0.2) is 0 Å². The first kappa shape index (κ1) is 26.5. The molecule has 3 aromatic rings. The number of nitrogen functional groups attached to an aromatic ring is 1. The zero-order valence-corrected chi connectivity index (χ0v) is 20.0. The molecule has 180 valence electrons. The van der Waals surface area contributed by atoms with Crippen LogP contribution in [0.2, 0.25) is 0 Å². The Morgan fingerprint density at radius 3 is 2.12 bits per heavy atom. The number of nitrogens with zero attached hydrogens (tertiary/aromatic N) is 1. The number of hydrogen-bond donors (Lipinski definition) is 4. The monoisotopic (exact) mass is 483 g/mol. The van der Waals surface area contributed by atoms with E-state index in [-0.39, 0.29) is 24.1 Å². The maximum atomic E-state index is 13.3. The van der Waals surface area contributed by atoms with Gasteiger partial charge in [-0.05, 0) is 49.2 Å². The molecule has 0 spiro atoms. The molecule has 5 N–H and O–H groups in total. The third-order valence-corrected chi connectivity index (χ3v) is 4.80. The molecule has 0 bridgehead atoms. The zero-order valence-electron chi connectivity index (χ0n) is 19.2. The number of pyridine rings is 1. The van der Waals surface area contributed by atoms with Gasteiger partial charge in [0.2, 0.25) is 17.7 Å². The molecule has 0 saturated carbocycles. The number of carbonyl (C=O) groups is 1. The van der Waals surface area contributed by atoms with Gasteiger partial charge < -0.3 is 25.8 Å². The van der Waals surface area contributed by atoms with Crippen molar-refractivity contribution in [2.24, 2.45) is 5.73 Å². The fourth-order valence-corrected chi connectivity index (χ4v) is 3.21. The number of amidine groups is 1. The Morgan fingerprint density at radius 2 is 1.59 bits per heavy atom. The van der Waals surface area contributed by atoms with E-state index in [1.54, 1.807) is 36.4 Å². The highest BCUT2D eigenvalue weighted by atomic mass is 35.5. The van der Waals surface area contributed by atoms with E-state index in [1.165, 1.54) is 0 Å². The van der Waals surface area contributed by atoms with Crippen LogP contribution in [0.3, 0.4) is 0 Å². The van der Waals surface area contributed by atoms with Crippen LogP contribution in [0.4, 0.5) is 5.69 Å². The zero-order chi connectivity index (χ0) is 23.6. The summed E-state index contributed by atoms with van der Waals surface area (Å²) >= 11 is 0. The van der Waals surface area contributed by atoms with Gasteiger partial charge in [0.25, 0.3) is 0 Å². The minimum Gasteiger partial charge on any atom is -0.478 e. The number of hydrogen-bond acceptors (Lipinski definition) is 6. The highest BCUT2D eigenvalue weighted by molar-refractivity contribution is 5.95. The molecular weight excluding hydrogens is 454 g/mol. The Kier molecular flexibility index (Phi) is 10.2. The number of anilines is 1. The molecule has 1 unspecified atom stereocenters. The standard InChI is InChI=1S/C25H29N5O3.ClH/c1-3-32-21-14-19(15-22(30-21)33-4-2)23(25(31)28-16-17-8-6-5-7-9-17)29-20-12-10-18(11-13-20)24(26)27;/h5-15,23,29H,3-4,16H2,1-2H3,(H3,26,27)(H,28,31);1H. The number of nitrogens with two attached hydrogens (primary N) is 1. The molecule has 3 rings (SSSR count). The molecule has 1 heterocycles. The van der Waals surface area contributed by atoms with Crippen molar-refractivity contribution in [1.82, 2.24) is 10.3 Å². The van der Waals surface area contributed by atoms with Crippen molar-refractivity contribution >= 4 is 29.8 Å². The summed E-state index contributed by atoms with van der Waals surface area (Å²) in [4.78, 5) is 17.6. The van der Waals surface area contributed by atoms with Crippen molar-refractivity contribution in [2.45, 2.75) is 26.4 Å². The van der Waals surface area contributed by atoms with Gasteiger partial charge in [-0.25, -0.2) is 0 Å². The lowest BCUT2D eigenvalue weighted by molar-refractivity contribution is -0.122. The fourth-order valence-electron chi connectivity index (χ4n) is 3.21. The Balaban J connectivity index is 0.00000408. The maximum Gasteiger partial charge on any atom is 0.247 e. The summed E-state index contributed by atoms with van der Waals surface area (Å²) in [5.74, 6) is 0.530. The van der Waals surface area contributed by atoms with Gasteiger partial charge in [0, 0.05) is 29.9 Å². The van der Waals surface area contributed by atoms with Crippen molar-refractivity contribution in [2.75, 3.05) is 18.5 Å². The first-order valence-electron chi connectivity index (χ1n) is 10.8. The van der Waals surface area contributed by atoms with Gasteiger partial charge in [0.05, 0.1) is 13.2 Å². The second-order valence-corrected chi connectivity index (χ2v) is 7.21. The van der Waals surface area contributed by atoms with Crippen LogP contribution in [-0.2, 0) is 11.3 Å². The third-order valence-electron chi connectivity index (χ3n) is 4.80. The smallest absolute Gasteiger partial charge is 0.247 e. The van der Waals surface area contributed by atoms with E-state index >= 15 is 0 Å². The van der Waals surface area contributed by atoms with Gasteiger partial charge >= 0.3 is 0 Å². The number of amides is 1. The Morgan fingerprint density at radius 1 is 1.00 bits per heavy atom. The van der Waals surface area contributed by atoms with Crippen molar-refractivity contribution in [3.63, 3.8) is 0 Å². The predicted octanol–water partition coefficient (Wildman–Crippen LogP) is 4.05. The van der Waals surface area contributed by atoms with E-state index in [1.807, 2.05) is 44.2 Å². The summed E-state index contributed by atoms with van der Waals surface area (Å²) in [5.41, 5.74) is 8.51. The van der Waals surface area contributed by atoms with Gasteiger partial charge in [-0.2, -0.15) is 4.98 Å². The van der Waals surface area contributed by atoms with Crippen LogP contribution in [0.15, 0.2) is 66.7 Å². The van der Waals surface area contributed by atoms with E-state index in [9.17, 15) is 4.79 Å². The number of ether oxygens (including phenoxy) is 2. The third kappa shape index (κ3) is 7.38. The summed E-state index contributed by atoms with van der Waals surface area (Å²) in [6, 6.07) is 19.4. The van der Waals surface area contributed by atoms with Crippen LogP contribution < -0.4 is 25.8 Å². The molecule has 1 amide bonds. The minimum atomic E-state index is -0.738. The number of nitrogens with one attached hydrogen (secondary N) is 3. The number of benzene rings is 2. The fraction of sp³-hybridized carbons (Fsp3) is 0.240. The highest BCUT2D eigenvalue weighted by Gasteiger charge is 2.23. The highest BCUT2D eigenvalue weighted by Crippen LogP contribution is 2.27. The molecule has 0 radical (unpaired) electrons. The van der Waals surface area contributed by atoms with E-state index < -0.39 is 6.04 Å². The normalized spacial score (nSPS) is 11.0. The lowest BCUT2D eigenvalue weighted by atomic mass is 10.1. The molecule has 1 aromatic heterocycles. The molecule has 0 aliphatic rings. The summed E-state index contributed by atoms with van der Waals surface area (Å²) in [7, 11) is 0. The largest absolute Gasteiger partial charge is 0.478 e. The van der Waals surface area contributed by atoms with Crippen LogP contribution in [0, 0.1) is 5.41 Å². The molecule has 1 atom stereocenters. The number of carbonyl (C=O) groups excluding carboxylic acids is 1. The van der Waals surface area contributed by atoms with Crippen molar-refractivity contribution in [3.8, 4) is 11.8 Å². The molecule has 8 nitrogen and oxygen atoms in total. The number of halogens is 1. The molecule has 2 aromatic carbocycles. The van der Waals surface area contributed by atoms with Crippen LogP contribution in [0.25, 0.3) is 0 Å². The van der Waals surface area contributed by atoms with Gasteiger partial charge in [0.1, 0.15) is 11.9 Å². The van der Waals surface area contributed by atoms with Crippen LogP contribution in [-0.4, -0.2) is 29.9 Å². The lowest BCUT2D eigenvalue weighted by Crippen LogP contribution is -2.33. The first-order chi connectivity index (χ1) is 16.0. The number of aromatic nitrogens is 1. The van der Waals surface area contributed by atoms with E-state index in [2.05, 4.69) is 15.6 Å². The summed E-state index contributed by atoms with van der Waals surface area (Å²) < 4.78 is 11.2. The molecule has 0 aliphatic heterocycles. The molecule has 34 heavy (non-hydrogen) atoms. The topological polar surface area (TPSA) is 122 Å². The average Bonchev–Trinajstić information content (AvgIpc) is 2.82. The quantitative estimate of drug-likeness (QED) is 0.241. The minimum absolute atomic E-state index is 0. The van der Waals surface area contributed by atoms with E-state index in [4.69, 9.17) is 20.6 Å². The van der Waals surface area contributed by atoms with Gasteiger partial charge in [-0.15, -0.1) is 12.4 Å². The van der Waals surface area contributed by atoms with Crippen LogP contribution >= 0.6 is 12.4 Å². The average molecular weight is 484 g/mol. The van der Waals surface area contributed by atoms with Crippen molar-refractivity contribution in [3.05, 3.63) is 83.4 Å². The lowest BCUT2D eigenvalue weighted by Gasteiger charge is -2.21. The van der Waals surface area contributed by atoms with Crippen molar-refractivity contribution < 1.29 is 14.3 Å². The maximum absolute atomic E-state index is 13.3. The van der Waals surface area contributed by atoms with E-state index in [0.717, 1.165) is 5.56 Å².